The Balaban J connectivity index is 1.37. The monoisotopic (exact) mass is 533 g/mol. The summed E-state index contributed by atoms with van der Waals surface area (Å²) in [6.45, 7) is 1.81. The van der Waals surface area contributed by atoms with Crippen molar-refractivity contribution < 1.29 is 9.53 Å². The summed E-state index contributed by atoms with van der Waals surface area (Å²) in [6, 6.07) is 24.4. The Morgan fingerprint density at radius 2 is 1.70 bits per heavy atom. The van der Waals surface area contributed by atoms with Gasteiger partial charge in [0.05, 0.1) is 29.9 Å². The Bertz CT molecular complexity index is 1480. The number of rotatable bonds is 8. The van der Waals surface area contributed by atoms with Crippen LogP contribution < -0.4 is 26.2 Å². The number of benzene rings is 3. The van der Waals surface area contributed by atoms with Crippen LogP contribution >= 0.6 is 24.0 Å². The molecule has 0 atom stereocenters. The molecular formula is C27H27N5O3S2. The predicted octanol–water partition coefficient (Wildman–Crippen LogP) is 5.03. The van der Waals surface area contributed by atoms with Crippen molar-refractivity contribution in [1.29, 1.82) is 0 Å². The van der Waals surface area contributed by atoms with Crippen molar-refractivity contribution in [2.75, 3.05) is 28.8 Å². The Hall–Kier alpha value is -4.02. The Kier molecular flexibility index (Phi) is 8.32. The maximum absolute atomic E-state index is 13.0. The highest BCUT2D eigenvalue weighted by Crippen LogP contribution is 2.25. The van der Waals surface area contributed by atoms with Gasteiger partial charge in [-0.2, -0.15) is 0 Å². The molecule has 3 aromatic carbocycles. The molecule has 0 aliphatic rings. The summed E-state index contributed by atoms with van der Waals surface area (Å²) < 4.78 is 8.61. The molecule has 0 unspecified atom stereocenters. The van der Waals surface area contributed by atoms with E-state index < -0.39 is 0 Å². The lowest BCUT2D eigenvalue weighted by Gasteiger charge is -2.13. The van der Waals surface area contributed by atoms with E-state index in [-0.39, 0.29) is 22.9 Å². The highest BCUT2D eigenvalue weighted by Gasteiger charge is 2.18. The van der Waals surface area contributed by atoms with Gasteiger partial charge in [0, 0.05) is 17.6 Å². The second kappa shape index (κ2) is 11.8. The Morgan fingerprint density at radius 3 is 2.46 bits per heavy atom. The first-order valence-electron chi connectivity index (χ1n) is 11.4. The molecule has 190 valence electrons. The first-order chi connectivity index (χ1) is 17.9. The van der Waals surface area contributed by atoms with E-state index in [1.807, 2.05) is 78.9 Å². The molecule has 4 rings (SSSR count). The number of hydrogen-bond acceptors (Lipinski definition) is 5. The van der Waals surface area contributed by atoms with Crippen LogP contribution in [0.5, 0.6) is 5.75 Å². The van der Waals surface area contributed by atoms with Gasteiger partial charge in [-0.05, 0) is 61.6 Å². The third-order valence-corrected chi connectivity index (χ3v) is 6.83. The zero-order valence-electron chi connectivity index (χ0n) is 20.6. The molecule has 4 aromatic rings. The normalized spacial score (nSPS) is 10.6. The van der Waals surface area contributed by atoms with Crippen molar-refractivity contribution >= 4 is 52.1 Å². The van der Waals surface area contributed by atoms with Gasteiger partial charge < -0.3 is 20.7 Å². The number of carbonyl (C=O) groups is 1. The van der Waals surface area contributed by atoms with Gasteiger partial charge in [0.1, 0.15) is 11.4 Å². The summed E-state index contributed by atoms with van der Waals surface area (Å²) in [6.07, 6.45) is 0. The molecule has 37 heavy (non-hydrogen) atoms. The van der Waals surface area contributed by atoms with Gasteiger partial charge >= 0.3 is 0 Å². The molecule has 10 heteroatoms. The predicted molar refractivity (Wildman–Crippen MR) is 154 cm³/mol. The highest BCUT2D eigenvalue weighted by molar-refractivity contribution is 8.00. The van der Waals surface area contributed by atoms with E-state index in [0.717, 1.165) is 22.0 Å². The zero-order valence-corrected chi connectivity index (χ0v) is 22.3. The number of carbonyl (C=O) groups excluding carboxylic acids is 1. The number of ether oxygens (including phenoxy) is 1. The van der Waals surface area contributed by atoms with Crippen LogP contribution in [0.3, 0.4) is 0 Å². The van der Waals surface area contributed by atoms with Gasteiger partial charge in [-0.25, -0.2) is 4.68 Å². The number of amides is 1. The summed E-state index contributed by atoms with van der Waals surface area (Å²) in [4.78, 5) is 26.6. The molecule has 0 spiro atoms. The van der Waals surface area contributed by atoms with E-state index in [0.29, 0.717) is 16.6 Å². The van der Waals surface area contributed by atoms with Crippen LogP contribution in [0, 0.1) is 6.92 Å². The second-order valence-corrected chi connectivity index (χ2v) is 9.54. The molecule has 1 aromatic heterocycles. The number of thiocarbonyl (C=S) groups is 1. The van der Waals surface area contributed by atoms with Crippen molar-refractivity contribution in [3.63, 3.8) is 0 Å². The average molecular weight is 534 g/mol. The molecular weight excluding hydrogens is 506 g/mol. The van der Waals surface area contributed by atoms with Crippen molar-refractivity contribution in [2.45, 2.75) is 11.8 Å². The summed E-state index contributed by atoms with van der Waals surface area (Å²) in [7, 11) is 3.39. The fraction of sp³-hybridized carbons (Fsp3) is 0.148. The quantitative estimate of drug-likeness (QED) is 0.216. The number of aromatic nitrogens is 2. The van der Waals surface area contributed by atoms with Crippen molar-refractivity contribution in [3.05, 3.63) is 94.9 Å². The zero-order chi connectivity index (χ0) is 26.4. The molecule has 0 saturated carbocycles. The number of para-hydroxylation sites is 3. The van der Waals surface area contributed by atoms with Crippen molar-refractivity contribution in [2.24, 2.45) is 7.05 Å². The lowest BCUT2D eigenvalue weighted by atomic mass is 10.3. The molecule has 0 bridgehead atoms. The van der Waals surface area contributed by atoms with Crippen LogP contribution in [0.2, 0.25) is 0 Å². The molecule has 0 saturated heterocycles. The Morgan fingerprint density at radius 1 is 0.973 bits per heavy atom. The molecule has 1 heterocycles. The van der Waals surface area contributed by atoms with E-state index in [2.05, 4.69) is 16.0 Å². The number of nitrogens with one attached hydrogen (secondary N) is 3. The van der Waals surface area contributed by atoms with E-state index in [9.17, 15) is 9.59 Å². The third kappa shape index (κ3) is 6.22. The highest BCUT2D eigenvalue weighted by atomic mass is 32.2. The number of anilines is 3. The van der Waals surface area contributed by atoms with Crippen LogP contribution in [0.25, 0.3) is 5.69 Å². The minimum atomic E-state index is -0.271. The Labute approximate surface area is 224 Å². The second-order valence-electron chi connectivity index (χ2n) is 8.08. The smallest absolute Gasteiger partial charge is 0.295 e. The molecule has 0 aliphatic carbocycles. The van der Waals surface area contributed by atoms with E-state index in [4.69, 9.17) is 17.0 Å². The van der Waals surface area contributed by atoms with E-state index >= 15 is 0 Å². The van der Waals surface area contributed by atoms with E-state index in [1.54, 1.807) is 25.8 Å². The third-order valence-electron chi connectivity index (χ3n) is 5.64. The average Bonchev–Trinajstić information content (AvgIpc) is 3.11. The lowest BCUT2D eigenvalue weighted by molar-refractivity contribution is -0.113. The summed E-state index contributed by atoms with van der Waals surface area (Å²) in [5.41, 5.74) is 2.95. The van der Waals surface area contributed by atoms with Crippen LogP contribution in [-0.2, 0) is 11.8 Å². The fourth-order valence-electron chi connectivity index (χ4n) is 3.73. The fourth-order valence-corrected chi connectivity index (χ4v) is 4.72. The van der Waals surface area contributed by atoms with Crippen LogP contribution in [-0.4, -0.2) is 33.2 Å². The van der Waals surface area contributed by atoms with Gasteiger partial charge in [0.25, 0.3) is 5.56 Å². The van der Waals surface area contributed by atoms with Crippen LogP contribution in [0.15, 0.2) is 88.6 Å². The van der Waals surface area contributed by atoms with Crippen LogP contribution in [0.4, 0.5) is 17.1 Å². The first-order valence-corrected chi connectivity index (χ1v) is 12.8. The molecule has 1 amide bonds. The maximum atomic E-state index is 13.0. The number of nitrogens with zero attached hydrogens (tertiary/aromatic N) is 2. The molecule has 0 radical (unpaired) electrons. The molecule has 0 fully saturated rings. The molecule has 3 N–H and O–H groups in total. The molecule has 8 nitrogen and oxygen atoms in total. The van der Waals surface area contributed by atoms with Gasteiger partial charge in [-0.3, -0.25) is 14.3 Å². The van der Waals surface area contributed by atoms with Crippen molar-refractivity contribution in [1.82, 2.24) is 9.36 Å². The van der Waals surface area contributed by atoms with Crippen molar-refractivity contribution in [3.8, 4) is 11.4 Å². The standard InChI is InChI=1S/C27H27N5O3S2/c1-18-25(26(34)32(31(18)2)20-11-5-4-6-12-20)30-24(33)17-37-21-13-9-10-19(16-21)28-27(36)29-22-14-7-8-15-23(22)35-3/h4-16H,17H2,1-3H3,(H,30,33)(H2,28,29,36). The minimum Gasteiger partial charge on any atom is -0.495 e. The lowest BCUT2D eigenvalue weighted by Crippen LogP contribution is -2.23. The van der Waals surface area contributed by atoms with Gasteiger partial charge in [0.15, 0.2) is 5.11 Å². The largest absolute Gasteiger partial charge is 0.495 e. The van der Waals surface area contributed by atoms with Crippen LogP contribution in [0.1, 0.15) is 5.69 Å². The summed E-state index contributed by atoms with van der Waals surface area (Å²) in [5.74, 6) is 0.570. The van der Waals surface area contributed by atoms with E-state index in [1.165, 1.54) is 16.4 Å². The summed E-state index contributed by atoms with van der Waals surface area (Å²) in [5, 5.41) is 9.49. The van der Waals surface area contributed by atoms with Gasteiger partial charge in [-0.15, -0.1) is 11.8 Å². The SMILES string of the molecule is COc1ccccc1NC(=S)Nc1cccc(SCC(=O)Nc2c(C)n(C)n(-c3ccccc3)c2=O)c1. The van der Waals surface area contributed by atoms with Gasteiger partial charge in [0.2, 0.25) is 5.91 Å². The minimum absolute atomic E-state index is 0.145. The maximum Gasteiger partial charge on any atom is 0.295 e. The first kappa shape index (κ1) is 26.1. The molecule has 0 aliphatic heterocycles. The number of methoxy groups -OCH3 is 1. The number of thioether (sulfide) groups is 1. The summed E-state index contributed by atoms with van der Waals surface area (Å²) >= 11 is 6.80. The number of hydrogen-bond donors (Lipinski definition) is 3. The van der Waals surface area contributed by atoms with Gasteiger partial charge in [-0.1, -0.05) is 36.4 Å². The topological polar surface area (TPSA) is 89.3 Å².